The number of hydrogen-bond donors (Lipinski definition) is 0. The molecule has 7 heteroatoms. The maximum absolute atomic E-state index is 12.9. The summed E-state index contributed by atoms with van der Waals surface area (Å²) in [6, 6.07) is 7.22. The van der Waals surface area contributed by atoms with Crippen molar-refractivity contribution in [3.05, 3.63) is 29.8 Å². The Labute approximate surface area is 186 Å². The predicted molar refractivity (Wildman–Crippen MR) is 121 cm³/mol. The third-order valence-corrected chi connectivity index (χ3v) is 5.59. The van der Waals surface area contributed by atoms with E-state index in [4.69, 9.17) is 4.74 Å². The molecule has 0 radical (unpaired) electrons. The van der Waals surface area contributed by atoms with Crippen molar-refractivity contribution in [2.45, 2.75) is 52.4 Å². The quantitative estimate of drug-likeness (QED) is 0.570. The molecular formula is C24H37N3O4. The van der Waals surface area contributed by atoms with Crippen LogP contribution in [0.25, 0.3) is 0 Å². The van der Waals surface area contributed by atoms with Gasteiger partial charge in [0.25, 0.3) is 5.91 Å². The zero-order chi connectivity index (χ0) is 22.6. The molecule has 1 saturated heterocycles. The highest BCUT2D eigenvalue weighted by atomic mass is 16.5. The largest absolute Gasteiger partial charge is 0.496 e. The monoisotopic (exact) mass is 431 g/mol. The number of benzene rings is 1. The van der Waals surface area contributed by atoms with Gasteiger partial charge in [0, 0.05) is 52.1 Å². The summed E-state index contributed by atoms with van der Waals surface area (Å²) in [6.45, 7) is 7.98. The van der Waals surface area contributed by atoms with Crippen LogP contribution in [0.4, 0.5) is 0 Å². The van der Waals surface area contributed by atoms with E-state index in [-0.39, 0.29) is 17.7 Å². The number of ether oxygens (including phenoxy) is 1. The van der Waals surface area contributed by atoms with Crippen molar-refractivity contribution in [3.8, 4) is 5.75 Å². The highest BCUT2D eigenvalue weighted by Crippen LogP contribution is 2.20. The molecule has 1 aromatic rings. The maximum Gasteiger partial charge on any atom is 0.257 e. The number of carbonyl (C=O) groups is 3. The molecule has 0 unspecified atom stereocenters. The van der Waals surface area contributed by atoms with E-state index in [1.807, 2.05) is 21.9 Å². The van der Waals surface area contributed by atoms with Gasteiger partial charge in [-0.1, -0.05) is 26.0 Å². The van der Waals surface area contributed by atoms with E-state index < -0.39 is 0 Å². The van der Waals surface area contributed by atoms with Crippen LogP contribution in [-0.2, 0) is 9.59 Å². The minimum atomic E-state index is -0.0655. The Morgan fingerprint density at radius 3 is 2.26 bits per heavy atom. The van der Waals surface area contributed by atoms with Crippen LogP contribution < -0.4 is 4.74 Å². The Hall–Kier alpha value is -2.57. The normalized spacial score (nSPS) is 14.2. The molecule has 0 aliphatic carbocycles. The minimum absolute atomic E-state index is 0.0655. The van der Waals surface area contributed by atoms with E-state index in [0.29, 0.717) is 56.8 Å². The lowest BCUT2D eigenvalue weighted by Crippen LogP contribution is -2.37. The van der Waals surface area contributed by atoms with Crippen molar-refractivity contribution >= 4 is 17.7 Å². The second kappa shape index (κ2) is 13.0. The lowest BCUT2D eigenvalue weighted by molar-refractivity contribution is -0.132. The number of nitrogens with zero attached hydrogens (tertiary/aromatic N) is 3. The molecule has 0 atom stereocenters. The summed E-state index contributed by atoms with van der Waals surface area (Å²) in [7, 11) is 1.56. The van der Waals surface area contributed by atoms with Crippen LogP contribution in [0.3, 0.4) is 0 Å². The first-order valence-corrected chi connectivity index (χ1v) is 11.5. The molecule has 7 nitrogen and oxygen atoms in total. The first-order valence-electron chi connectivity index (χ1n) is 11.5. The van der Waals surface area contributed by atoms with E-state index in [1.54, 1.807) is 24.1 Å². The zero-order valence-corrected chi connectivity index (χ0v) is 19.3. The number of methoxy groups -OCH3 is 1. The van der Waals surface area contributed by atoms with E-state index in [2.05, 4.69) is 13.8 Å². The first kappa shape index (κ1) is 24.7. The van der Waals surface area contributed by atoms with Crippen LogP contribution in [0.15, 0.2) is 24.3 Å². The first-order chi connectivity index (χ1) is 15.0. The molecule has 0 N–H and O–H groups in total. The van der Waals surface area contributed by atoms with Gasteiger partial charge in [-0.15, -0.1) is 0 Å². The summed E-state index contributed by atoms with van der Waals surface area (Å²) < 4.78 is 5.32. The van der Waals surface area contributed by atoms with E-state index >= 15 is 0 Å². The van der Waals surface area contributed by atoms with Crippen LogP contribution in [-0.4, -0.2) is 78.8 Å². The highest BCUT2D eigenvalue weighted by Gasteiger charge is 2.24. The van der Waals surface area contributed by atoms with Crippen molar-refractivity contribution in [1.29, 1.82) is 0 Å². The Balaban J connectivity index is 1.83. The van der Waals surface area contributed by atoms with Gasteiger partial charge in [0.2, 0.25) is 11.8 Å². The zero-order valence-electron chi connectivity index (χ0n) is 19.3. The van der Waals surface area contributed by atoms with Gasteiger partial charge in [-0.2, -0.15) is 0 Å². The van der Waals surface area contributed by atoms with Crippen molar-refractivity contribution in [2.75, 3.05) is 46.4 Å². The number of para-hydroxylation sites is 1. The van der Waals surface area contributed by atoms with Crippen molar-refractivity contribution < 1.29 is 19.1 Å². The summed E-state index contributed by atoms with van der Waals surface area (Å²) in [5.41, 5.74) is 0.548. The molecule has 1 fully saturated rings. The Morgan fingerprint density at radius 2 is 1.58 bits per heavy atom. The van der Waals surface area contributed by atoms with Gasteiger partial charge in [-0.3, -0.25) is 14.4 Å². The molecule has 1 aromatic carbocycles. The third kappa shape index (κ3) is 7.26. The standard InChI is InChI=1S/C24H37N3O4/c1-4-14-25(15-5-2)22(28)12-8-13-23(29)26-16-9-17-27(19-18-26)24(30)20-10-6-7-11-21(20)31-3/h6-7,10-11H,4-5,8-9,12-19H2,1-3H3. The van der Waals surface area contributed by atoms with Crippen LogP contribution in [0, 0.1) is 0 Å². The molecule has 0 aromatic heterocycles. The topological polar surface area (TPSA) is 70.2 Å². The van der Waals surface area contributed by atoms with Gasteiger partial charge in [-0.25, -0.2) is 0 Å². The summed E-state index contributed by atoms with van der Waals surface area (Å²) in [5.74, 6) is 0.705. The maximum atomic E-state index is 12.9. The second-order valence-electron chi connectivity index (χ2n) is 7.96. The molecule has 2 rings (SSSR count). The van der Waals surface area contributed by atoms with Gasteiger partial charge in [-0.05, 0) is 37.8 Å². The van der Waals surface area contributed by atoms with Gasteiger partial charge < -0.3 is 19.4 Å². The second-order valence-corrected chi connectivity index (χ2v) is 7.96. The number of hydrogen-bond acceptors (Lipinski definition) is 4. The molecule has 0 spiro atoms. The summed E-state index contributed by atoms with van der Waals surface area (Å²) in [6.07, 6.45) is 4.00. The molecule has 0 saturated carbocycles. The molecule has 172 valence electrons. The van der Waals surface area contributed by atoms with Crippen LogP contribution >= 0.6 is 0 Å². The molecule has 1 aliphatic rings. The Bertz CT molecular complexity index is 731. The summed E-state index contributed by atoms with van der Waals surface area (Å²) >= 11 is 0. The lowest BCUT2D eigenvalue weighted by Gasteiger charge is -2.23. The number of carbonyl (C=O) groups excluding carboxylic acids is 3. The highest BCUT2D eigenvalue weighted by molar-refractivity contribution is 5.97. The smallest absolute Gasteiger partial charge is 0.257 e. The molecule has 0 bridgehead atoms. The lowest BCUT2D eigenvalue weighted by atomic mass is 10.1. The van der Waals surface area contributed by atoms with Gasteiger partial charge in [0.15, 0.2) is 0 Å². The van der Waals surface area contributed by atoms with Gasteiger partial charge in [0.05, 0.1) is 12.7 Å². The van der Waals surface area contributed by atoms with Crippen molar-refractivity contribution in [3.63, 3.8) is 0 Å². The molecule has 1 heterocycles. The fourth-order valence-corrected chi connectivity index (χ4v) is 3.97. The number of rotatable bonds is 10. The van der Waals surface area contributed by atoms with Crippen LogP contribution in [0.1, 0.15) is 62.7 Å². The van der Waals surface area contributed by atoms with Crippen molar-refractivity contribution in [1.82, 2.24) is 14.7 Å². The fraction of sp³-hybridized carbons (Fsp3) is 0.625. The van der Waals surface area contributed by atoms with Gasteiger partial charge in [0.1, 0.15) is 5.75 Å². The average Bonchev–Trinajstić information content (AvgIpc) is 3.04. The van der Waals surface area contributed by atoms with E-state index in [1.165, 1.54) is 0 Å². The fourth-order valence-electron chi connectivity index (χ4n) is 3.97. The van der Waals surface area contributed by atoms with Gasteiger partial charge >= 0.3 is 0 Å². The molecule has 31 heavy (non-hydrogen) atoms. The Morgan fingerprint density at radius 1 is 0.935 bits per heavy atom. The minimum Gasteiger partial charge on any atom is -0.496 e. The molecule has 1 aliphatic heterocycles. The summed E-state index contributed by atoms with van der Waals surface area (Å²) in [4.78, 5) is 43.5. The summed E-state index contributed by atoms with van der Waals surface area (Å²) in [5, 5.41) is 0. The average molecular weight is 432 g/mol. The van der Waals surface area contributed by atoms with E-state index in [0.717, 1.165) is 32.4 Å². The third-order valence-electron chi connectivity index (χ3n) is 5.59. The predicted octanol–water partition coefficient (Wildman–Crippen LogP) is 3.19. The van der Waals surface area contributed by atoms with Crippen molar-refractivity contribution in [2.24, 2.45) is 0 Å². The number of amides is 3. The SMILES string of the molecule is CCCN(CCC)C(=O)CCCC(=O)N1CCCN(C(=O)c2ccccc2OC)CC1. The van der Waals surface area contributed by atoms with Crippen LogP contribution in [0.2, 0.25) is 0 Å². The molecular weight excluding hydrogens is 394 g/mol. The Kier molecular flexibility index (Phi) is 10.3. The van der Waals surface area contributed by atoms with Crippen LogP contribution in [0.5, 0.6) is 5.75 Å². The molecule has 3 amide bonds. The van der Waals surface area contributed by atoms with E-state index in [9.17, 15) is 14.4 Å².